The van der Waals surface area contributed by atoms with Gasteiger partial charge in [-0.2, -0.15) is 4.98 Å². The Morgan fingerprint density at radius 3 is 2.74 bits per heavy atom. The molecule has 5 nitrogen and oxygen atoms in total. The minimum absolute atomic E-state index is 0. The number of rotatable bonds is 2. The summed E-state index contributed by atoms with van der Waals surface area (Å²) < 4.78 is 5.26. The second-order valence-corrected chi connectivity index (χ2v) is 5.05. The maximum Gasteiger partial charge on any atom is 0.259 e. The third-order valence-electron chi connectivity index (χ3n) is 3.37. The van der Waals surface area contributed by atoms with Gasteiger partial charge in [0.15, 0.2) is 5.82 Å². The fraction of sp³-hybridized carbons (Fsp3) is 0.417. The SMILES string of the molecule is Cl.NC1(c2noc(-c3ccncc3Cl)n2)CCCC1. The zero-order valence-corrected chi connectivity index (χ0v) is 11.7. The van der Waals surface area contributed by atoms with Crippen molar-refractivity contribution in [2.75, 3.05) is 0 Å². The summed E-state index contributed by atoms with van der Waals surface area (Å²) in [6.45, 7) is 0. The van der Waals surface area contributed by atoms with Crippen LogP contribution >= 0.6 is 24.0 Å². The van der Waals surface area contributed by atoms with E-state index in [0.717, 1.165) is 25.7 Å². The molecule has 1 aliphatic carbocycles. The Morgan fingerprint density at radius 2 is 2.05 bits per heavy atom. The van der Waals surface area contributed by atoms with Crippen LogP contribution in [0.4, 0.5) is 0 Å². The molecule has 102 valence electrons. The highest BCUT2D eigenvalue weighted by Crippen LogP contribution is 2.36. The highest BCUT2D eigenvalue weighted by Gasteiger charge is 2.36. The lowest BCUT2D eigenvalue weighted by atomic mass is 9.99. The Labute approximate surface area is 122 Å². The normalized spacial score (nSPS) is 17.2. The second kappa shape index (κ2) is 5.45. The van der Waals surface area contributed by atoms with Crippen LogP contribution in [0.25, 0.3) is 11.5 Å². The summed E-state index contributed by atoms with van der Waals surface area (Å²) in [4.78, 5) is 8.30. The lowest BCUT2D eigenvalue weighted by Gasteiger charge is -2.17. The van der Waals surface area contributed by atoms with Gasteiger partial charge in [-0.05, 0) is 18.9 Å². The molecule has 1 fully saturated rings. The molecule has 0 aliphatic heterocycles. The van der Waals surface area contributed by atoms with Gasteiger partial charge in [0.05, 0.1) is 16.1 Å². The van der Waals surface area contributed by atoms with Crippen molar-refractivity contribution < 1.29 is 4.52 Å². The molecule has 0 bridgehead atoms. The van der Waals surface area contributed by atoms with Crippen LogP contribution in [0.5, 0.6) is 0 Å². The molecule has 19 heavy (non-hydrogen) atoms. The van der Waals surface area contributed by atoms with Crippen LogP contribution in [0.1, 0.15) is 31.5 Å². The van der Waals surface area contributed by atoms with Crippen molar-refractivity contribution >= 4 is 24.0 Å². The highest BCUT2D eigenvalue weighted by atomic mass is 35.5. The van der Waals surface area contributed by atoms with E-state index in [1.165, 1.54) is 0 Å². The molecule has 2 aromatic heterocycles. The van der Waals surface area contributed by atoms with Gasteiger partial charge in [-0.15, -0.1) is 12.4 Å². The van der Waals surface area contributed by atoms with Gasteiger partial charge in [0.1, 0.15) is 0 Å². The summed E-state index contributed by atoms with van der Waals surface area (Å²) in [6.07, 6.45) is 7.20. The highest BCUT2D eigenvalue weighted by molar-refractivity contribution is 6.32. The molecule has 0 saturated heterocycles. The summed E-state index contributed by atoms with van der Waals surface area (Å²) in [6, 6.07) is 1.75. The lowest BCUT2D eigenvalue weighted by Crippen LogP contribution is -2.34. The molecule has 0 radical (unpaired) electrons. The van der Waals surface area contributed by atoms with Crippen molar-refractivity contribution in [3.63, 3.8) is 0 Å². The molecule has 3 rings (SSSR count). The predicted octanol–water partition coefficient (Wildman–Crippen LogP) is 2.93. The Morgan fingerprint density at radius 1 is 1.32 bits per heavy atom. The fourth-order valence-corrected chi connectivity index (χ4v) is 2.51. The maximum absolute atomic E-state index is 6.28. The number of halogens is 2. The Bertz CT molecular complexity index is 566. The molecule has 2 heterocycles. The van der Waals surface area contributed by atoms with Crippen molar-refractivity contribution in [3.8, 4) is 11.5 Å². The zero-order valence-electron chi connectivity index (χ0n) is 10.2. The fourth-order valence-electron chi connectivity index (χ4n) is 2.31. The van der Waals surface area contributed by atoms with Crippen molar-refractivity contribution in [3.05, 3.63) is 29.3 Å². The van der Waals surface area contributed by atoms with Crippen molar-refractivity contribution in [1.82, 2.24) is 15.1 Å². The average Bonchev–Trinajstić information content (AvgIpc) is 2.99. The largest absolute Gasteiger partial charge is 0.334 e. The van der Waals surface area contributed by atoms with E-state index in [1.807, 2.05) is 0 Å². The van der Waals surface area contributed by atoms with E-state index in [-0.39, 0.29) is 12.4 Å². The smallest absolute Gasteiger partial charge is 0.259 e. The van der Waals surface area contributed by atoms with Gasteiger partial charge in [-0.25, -0.2) is 0 Å². The van der Waals surface area contributed by atoms with Gasteiger partial charge in [-0.3, -0.25) is 4.98 Å². The zero-order chi connectivity index (χ0) is 12.6. The number of nitrogens with two attached hydrogens (primary N) is 1. The molecule has 1 saturated carbocycles. The summed E-state index contributed by atoms with van der Waals surface area (Å²) in [5.41, 5.74) is 6.52. The van der Waals surface area contributed by atoms with Crippen LogP contribution in [0.2, 0.25) is 5.02 Å². The third-order valence-corrected chi connectivity index (χ3v) is 3.67. The van der Waals surface area contributed by atoms with Gasteiger partial charge in [0, 0.05) is 12.4 Å². The molecule has 2 N–H and O–H groups in total. The monoisotopic (exact) mass is 300 g/mol. The molecule has 0 unspecified atom stereocenters. The number of hydrogen-bond donors (Lipinski definition) is 1. The minimum Gasteiger partial charge on any atom is -0.334 e. The van der Waals surface area contributed by atoms with Crippen LogP contribution in [0.15, 0.2) is 23.0 Å². The van der Waals surface area contributed by atoms with Crippen molar-refractivity contribution in [2.24, 2.45) is 5.73 Å². The van der Waals surface area contributed by atoms with Crippen LogP contribution in [0.3, 0.4) is 0 Å². The average molecular weight is 301 g/mol. The molecule has 0 amide bonds. The van der Waals surface area contributed by atoms with Crippen molar-refractivity contribution in [2.45, 2.75) is 31.2 Å². The van der Waals surface area contributed by atoms with E-state index in [9.17, 15) is 0 Å². The van der Waals surface area contributed by atoms with E-state index >= 15 is 0 Å². The second-order valence-electron chi connectivity index (χ2n) is 4.64. The summed E-state index contributed by atoms with van der Waals surface area (Å²) in [5.74, 6) is 0.969. The van der Waals surface area contributed by atoms with Gasteiger partial charge >= 0.3 is 0 Å². The minimum atomic E-state index is -0.443. The third kappa shape index (κ3) is 2.59. The number of pyridine rings is 1. The van der Waals surface area contributed by atoms with Gasteiger partial charge in [0.25, 0.3) is 5.89 Å². The molecule has 1 aliphatic rings. The molecule has 2 aromatic rings. The Hall–Kier alpha value is -1.17. The lowest BCUT2D eigenvalue weighted by molar-refractivity contribution is 0.372. The first-order valence-electron chi connectivity index (χ1n) is 5.92. The van der Waals surface area contributed by atoms with Gasteiger partial charge < -0.3 is 10.3 Å². The molecule has 0 spiro atoms. The van der Waals surface area contributed by atoms with Crippen LogP contribution in [0, 0.1) is 0 Å². The molecule has 7 heteroatoms. The molecule has 0 atom stereocenters. The van der Waals surface area contributed by atoms with E-state index in [0.29, 0.717) is 22.3 Å². The number of hydrogen-bond acceptors (Lipinski definition) is 5. The summed E-state index contributed by atoms with van der Waals surface area (Å²) >= 11 is 6.04. The van der Waals surface area contributed by atoms with E-state index in [2.05, 4.69) is 15.1 Å². The molecular weight excluding hydrogens is 287 g/mol. The van der Waals surface area contributed by atoms with Gasteiger partial charge in [-0.1, -0.05) is 29.6 Å². The van der Waals surface area contributed by atoms with E-state index in [4.69, 9.17) is 21.9 Å². The summed E-state index contributed by atoms with van der Waals surface area (Å²) in [7, 11) is 0. The van der Waals surface area contributed by atoms with Crippen molar-refractivity contribution in [1.29, 1.82) is 0 Å². The van der Waals surface area contributed by atoms with E-state index in [1.54, 1.807) is 18.5 Å². The van der Waals surface area contributed by atoms with Crippen LogP contribution < -0.4 is 5.73 Å². The Kier molecular flexibility index (Phi) is 4.08. The maximum atomic E-state index is 6.28. The van der Waals surface area contributed by atoms with Crippen LogP contribution in [-0.4, -0.2) is 15.1 Å². The molecular formula is C12H14Cl2N4O. The topological polar surface area (TPSA) is 77.8 Å². The van der Waals surface area contributed by atoms with Gasteiger partial charge in [0.2, 0.25) is 0 Å². The van der Waals surface area contributed by atoms with E-state index < -0.39 is 5.54 Å². The number of aromatic nitrogens is 3. The predicted molar refractivity (Wildman–Crippen MR) is 74.1 cm³/mol. The first kappa shape index (κ1) is 14.2. The standard InChI is InChI=1S/C12H13ClN4O.ClH/c13-9-7-15-6-3-8(9)10-16-11(17-18-10)12(14)4-1-2-5-12;/h3,6-7H,1-2,4-5,14H2;1H. The first-order chi connectivity index (χ1) is 8.69. The molecule has 0 aromatic carbocycles. The Balaban J connectivity index is 0.00000133. The first-order valence-corrected chi connectivity index (χ1v) is 6.30. The quantitative estimate of drug-likeness (QED) is 0.922. The number of nitrogens with zero attached hydrogens (tertiary/aromatic N) is 3. The summed E-state index contributed by atoms with van der Waals surface area (Å²) in [5, 5.41) is 4.49. The van der Waals surface area contributed by atoms with Crippen LogP contribution in [-0.2, 0) is 5.54 Å².